The molecule has 0 saturated carbocycles. The molecule has 0 fully saturated rings. The van der Waals surface area contributed by atoms with Crippen molar-refractivity contribution in [1.29, 1.82) is 0 Å². The largest absolute Gasteiger partial charge is 0.490 e. The molecule has 0 saturated heterocycles. The predicted molar refractivity (Wildman–Crippen MR) is 62.6 cm³/mol. The Bertz CT molecular complexity index is 390. The van der Waals surface area contributed by atoms with Crippen molar-refractivity contribution in [2.24, 2.45) is 0 Å². The second kappa shape index (κ2) is 5.75. The fourth-order valence-electron chi connectivity index (χ4n) is 0.953. The van der Waals surface area contributed by atoms with Crippen molar-refractivity contribution in [3.63, 3.8) is 0 Å². The Hall–Kier alpha value is -2.03. The molecule has 0 aromatic heterocycles. The molecule has 0 aliphatic rings. The standard InChI is InChI=1S/C13H14O3/c1-4-9-15-11-5-7-12(8-6-11)16-13(14)10(2)3/h4-8H,1-2,9H2,3H3. The zero-order chi connectivity index (χ0) is 12.0. The number of esters is 1. The lowest BCUT2D eigenvalue weighted by Crippen LogP contribution is -2.07. The smallest absolute Gasteiger partial charge is 0.338 e. The Kier molecular flexibility index (Phi) is 4.33. The van der Waals surface area contributed by atoms with E-state index in [4.69, 9.17) is 9.47 Å². The molecular formula is C13H14O3. The summed E-state index contributed by atoms with van der Waals surface area (Å²) in [5, 5.41) is 0. The van der Waals surface area contributed by atoms with Gasteiger partial charge in [0.1, 0.15) is 18.1 Å². The zero-order valence-corrected chi connectivity index (χ0v) is 9.23. The van der Waals surface area contributed by atoms with Crippen molar-refractivity contribution in [2.45, 2.75) is 6.92 Å². The Balaban J connectivity index is 2.60. The number of rotatable bonds is 5. The SMILES string of the molecule is C=CCOc1ccc(OC(=O)C(=C)C)cc1. The summed E-state index contributed by atoms with van der Waals surface area (Å²) in [7, 11) is 0. The summed E-state index contributed by atoms with van der Waals surface area (Å²) in [6, 6.07) is 6.79. The molecule has 84 valence electrons. The fraction of sp³-hybridized carbons (Fsp3) is 0.154. The lowest BCUT2D eigenvalue weighted by Gasteiger charge is -2.05. The van der Waals surface area contributed by atoms with Gasteiger partial charge in [0.2, 0.25) is 0 Å². The highest BCUT2D eigenvalue weighted by molar-refractivity contribution is 5.88. The van der Waals surface area contributed by atoms with E-state index < -0.39 is 5.97 Å². The van der Waals surface area contributed by atoms with E-state index >= 15 is 0 Å². The van der Waals surface area contributed by atoms with E-state index in [2.05, 4.69) is 13.2 Å². The van der Waals surface area contributed by atoms with Crippen LogP contribution in [0.2, 0.25) is 0 Å². The number of carbonyl (C=O) groups is 1. The molecule has 0 N–H and O–H groups in total. The van der Waals surface area contributed by atoms with E-state index in [1.54, 1.807) is 37.3 Å². The molecule has 0 spiro atoms. The average Bonchev–Trinajstić information content (AvgIpc) is 2.28. The van der Waals surface area contributed by atoms with Gasteiger partial charge in [-0.2, -0.15) is 0 Å². The van der Waals surface area contributed by atoms with Gasteiger partial charge in [0.25, 0.3) is 0 Å². The average molecular weight is 218 g/mol. The van der Waals surface area contributed by atoms with Gasteiger partial charge >= 0.3 is 5.97 Å². The third-order valence-electron chi connectivity index (χ3n) is 1.75. The summed E-state index contributed by atoms with van der Waals surface area (Å²) < 4.78 is 10.3. The maximum Gasteiger partial charge on any atom is 0.338 e. The van der Waals surface area contributed by atoms with E-state index in [1.165, 1.54) is 0 Å². The molecule has 0 bridgehead atoms. The molecule has 1 aromatic rings. The highest BCUT2D eigenvalue weighted by atomic mass is 16.5. The minimum absolute atomic E-state index is 0.368. The number of carbonyl (C=O) groups excluding carboxylic acids is 1. The molecule has 0 radical (unpaired) electrons. The first kappa shape index (κ1) is 12.0. The highest BCUT2D eigenvalue weighted by Crippen LogP contribution is 2.18. The second-order valence-corrected chi connectivity index (χ2v) is 3.24. The van der Waals surface area contributed by atoms with E-state index in [-0.39, 0.29) is 0 Å². The lowest BCUT2D eigenvalue weighted by molar-refractivity contribution is -0.130. The van der Waals surface area contributed by atoms with Crippen LogP contribution in [0.25, 0.3) is 0 Å². The quantitative estimate of drug-likeness (QED) is 0.330. The highest BCUT2D eigenvalue weighted by Gasteiger charge is 2.04. The Labute approximate surface area is 95.0 Å². The topological polar surface area (TPSA) is 35.5 Å². The van der Waals surface area contributed by atoms with Crippen molar-refractivity contribution in [3.05, 3.63) is 49.1 Å². The molecule has 0 heterocycles. The van der Waals surface area contributed by atoms with Crippen LogP contribution in [0.3, 0.4) is 0 Å². The summed E-state index contributed by atoms with van der Waals surface area (Å²) >= 11 is 0. The van der Waals surface area contributed by atoms with Crippen molar-refractivity contribution in [1.82, 2.24) is 0 Å². The predicted octanol–water partition coefficient (Wildman–Crippen LogP) is 2.73. The first-order valence-electron chi connectivity index (χ1n) is 4.85. The van der Waals surface area contributed by atoms with Crippen molar-refractivity contribution in [2.75, 3.05) is 6.61 Å². The molecule has 0 aliphatic carbocycles. The van der Waals surface area contributed by atoms with Gasteiger partial charge in [0, 0.05) is 5.57 Å². The molecular weight excluding hydrogens is 204 g/mol. The van der Waals surface area contributed by atoms with Gasteiger partial charge in [0.05, 0.1) is 0 Å². The Morgan fingerprint density at radius 2 is 1.88 bits per heavy atom. The molecule has 3 nitrogen and oxygen atoms in total. The second-order valence-electron chi connectivity index (χ2n) is 3.24. The van der Waals surface area contributed by atoms with Crippen LogP contribution in [-0.2, 0) is 4.79 Å². The number of hydrogen-bond acceptors (Lipinski definition) is 3. The van der Waals surface area contributed by atoms with E-state index in [0.29, 0.717) is 23.7 Å². The fourth-order valence-corrected chi connectivity index (χ4v) is 0.953. The first-order chi connectivity index (χ1) is 7.63. The van der Waals surface area contributed by atoms with Crippen molar-refractivity contribution >= 4 is 5.97 Å². The summed E-state index contributed by atoms with van der Waals surface area (Å²) in [6.45, 7) is 9.10. The van der Waals surface area contributed by atoms with E-state index in [1.807, 2.05) is 0 Å². The maximum absolute atomic E-state index is 11.2. The van der Waals surface area contributed by atoms with Crippen LogP contribution in [0.4, 0.5) is 0 Å². The summed E-state index contributed by atoms with van der Waals surface area (Å²) in [6.07, 6.45) is 1.66. The molecule has 0 unspecified atom stereocenters. The van der Waals surface area contributed by atoms with Crippen LogP contribution in [0, 0.1) is 0 Å². The minimum atomic E-state index is -0.431. The summed E-state index contributed by atoms with van der Waals surface area (Å²) in [5.41, 5.74) is 0.368. The van der Waals surface area contributed by atoms with E-state index in [9.17, 15) is 4.79 Å². The van der Waals surface area contributed by atoms with Crippen LogP contribution < -0.4 is 9.47 Å². The molecule has 16 heavy (non-hydrogen) atoms. The molecule has 0 amide bonds. The van der Waals surface area contributed by atoms with Crippen LogP contribution in [0.15, 0.2) is 49.1 Å². The van der Waals surface area contributed by atoms with Crippen LogP contribution >= 0.6 is 0 Å². The third-order valence-corrected chi connectivity index (χ3v) is 1.75. The monoisotopic (exact) mass is 218 g/mol. The van der Waals surface area contributed by atoms with Gasteiger partial charge in [0.15, 0.2) is 0 Å². The van der Waals surface area contributed by atoms with Crippen LogP contribution in [-0.4, -0.2) is 12.6 Å². The minimum Gasteiger partial charge on any atom is -0.490 e. The first-order valence-corrected chi connectivity index (χ1v) is 4.85. The maximum atomic E-state index is 11.2. The van der Waals surface area contributed by atoms with Gasteiger partial charge < -0.3 is 9.47 Å². The number of ether oxygens (including phenoxy) is 2. The molecule has 0 atom stereocenters. The number of hydrogen-bond donors (Lipinski definition) is 0. The number of benzene rings is 1. The van der Waals surface area contributed by atoms with Gasteiger partial charge in [-0.05, 0) is 31.2 Å². The van der Waals surface area contributed by atoms with Gasteiger partial charge in [-0.25, -0.2) is 4.79 Å². The molecule has 1 aromatic carbocycles. The summed E-state index contributed by atoms with van der Waals surface area (Å²) in [4.78, 5) is 11.2. The lowest BCUT2D eigenvalue weighted by atomic mass is 10.3. The van der Waals surface area contributed by atoms with Crippen molar-refractivity contribution < 1.29 is 14.3 Å². The Morgan fingerprint density at radius 1 is 1.31 bits per heavy atom. The van der Waals surface area contributed by atoms with Gasteiger partial charge in [-0.1, -0.05) is 19.2 Å². The summed E-state index contributed by atoms with van der Waals surface area (Å²) in [5.74, 6) is 0.744. The molecule has 3 heteroatoms. The Morgan fingerprint density at radius 3 is 2.38 bits per heavy atom. The third kappa shape index (κ3) is 3.61. The van der Waals surface area contributed by atoms with Gasteiger partial charge in [-0.15, -0.1) is 0 Å². The van der Waals surface area contributed by atoms with E-state index in [0.717, 1.165) is 0 Å². The molecule has 0 aliphatic heterocycles. The molecule has 1 rings (SSSR count). The van der Waals surface area contributed by atoms with Crippen LogP contribution in [0.5, 0.6) is 11.5 Å². The van der Waals surface area contributed by atoms with Crippen molar-refractivity contribution in [3.8, 4) is 11.5 Å². The van der Waals surface area contributed by atoms with Crippen LogP contribution in [0.1, 0.15) is 6.92 Å². The normalized spacial score (nSPS) is 9.31. The van der Waals surface area contributed by atoms with Gasteiger partial charge in [-0.3, -0.25) is 0 Å². The zero-order valence-electron chi connectivity index (χ0n) is 9.23.